The Morgan fingerprint density at radius 2 is 1.15 bits per heavy atom. The van der Waals surface area contributed by atoms with Gasteiger partial charge in [-0.2, -0.15) is 12.1 Å². The molecule has 2 radical (unpaired) electrons. The molecule has 4 heteroatoms. The van der Waals surface area contributed by atoms with E-state index in [1.54, 1.807) is 0 Å². The van der Waals surface area contributed by atoms with E-state index in [1.807, 2.05) is 12.2 Å². The minimum atomic E-state index is -0.826. The third-order valence-corrected chi connectivity index (χ3v) is 5.35. The Bertz CT molecular complexity index is 1030. The zero-order valence-corrected chi connectivity index (χ0v) is 25.9. The van der Waals surface area contributed by atoms with Gasteiger partial charge < -0.3 is 0 Å². The van der Waals surface area contributed by atoms with Crippen molar-refractivity contribution in [2.75, 3.05) is 0 Å². The second-order valence-corrected chi connectivity index (χ2v) is 12.6. The predicted octanol–water partition coefficient (Wildman–Crippen LogP) is 9.86. The van der Waals surface area contributed by atoms with Crippen LogP contribution in [0.3, 0.4) is 0 Å². The molecule has 0 heterocycles. The van der Waals surface area contributed by atoms with Crippen LogP contribution in [0.15, 0.2) is 86.0 Å². The van der Waals surface area contributed by atoms with Gasteiger partial charge in [-0.05, 0) is 25.7 Å². The van der Waals surface area contributed by atoms with Crippen molar-refractivity contribution in [2.24, 2.45) is 0 Å². The molecule has 34 heavy (non-hydrogen) atoms. The summed E-state index contributed by atoms with van der Waals surface area (Å²) in [6.07, 6.45) is 8.08. The molecule has 0 saturated heterocycles. The first-order valence-corrected chi connectivity index (χ1v) is 20.0. The molecule has 178 valence electrons. The van der Waals surface area contributed by atoms with E-state index in [1.165, 1.54) is 43.8 Å². The number of fused-ring (bicyclic) bond motifs is 2. The van der Waals surface area contributed by atoms with Gasteiger partial charge in [0.25, 0.3) is 0 Å². The Hall–Kier alpha value is -1.18. The van der Waals surface area contributed by atoms with Crippen molar-refractivity contribution in [3.63, 3.8) is 0 Å². The zero-order chi connectivity index (χ0) is 25.3. The average molecular weight is 587 g/mol. The summed E-state index contributed by atoms with van der Waals surface area (Å²) in [4.78, 5) is 0. The summed E-state index contributed by atoms with van der Waals surface area (Å²) >= 11 is -0.826. The van der Waals surface area contributed by atoms with E-state index in [2.05, 4.69) is 101 Å². The van der Waals surface area contributed by atoms with Crippen molar-refractivity contribution in [1.29, 1.82) is 0 Å². The maximum atomic E-state index is 4.93. The monoisotopic (exact) mass is 584 g/mol. The third-order valence-electron chi connectivity index (χ3n) is 5.35. The van der Waals surface area contributed by atoms with Crippen LogP contribution in [0.2, 0.25) is 13.1 Å². The fourth-order valence-corrected chi connectivity index (χ4v) is 3.80. The minimum absolute atomic E-state index is 0.826. The van der Waals surface area contributed by atoms with Gasteiger partial charge in [0, 0.05) is 9.52 Å². The second-order valence-electron chi connectivity index (χ2n) is 7.83. The predicted molar refractivity (Wildman–Crippen MR) is 155 cm³/mol. The van der Waals surface area contributed by atoms with Gasteiger partial charge in [-0.1, -0.05) is 62.4 Å². The third kappa shape index (κ3) is 9.82. The topological polar surface area (TPSA) is 0 Å². The summed E-state index contributed by atoms with van der Waals surface area (Å²) in [5, 5.41) is 5.51. The van der Waals surface area contributed by atoms with Crippen molar-refractivity contribution in [3.8, 4) is 0 Å². The number of rotatable bonds is 6. The fourth-order valence-electron chi connectivity index (χ4n) is 3.80. The molecule has 0 aliphatic heterocycles. The average Bonchev–Trinajstić information content (AvgIpc) is 3.46. The first-order valence-electron chi connectivity index (χ1n) is 11.6. The molecule has 0 bridgehead atoms. The number of benzene rings is 2. The molecule has 4 aromatic rings. The van der Waals surface area contributed by atoms with Gasteiger partial charge in [-0.3, -0.25) is 0 Å². The molecule has 0 fully saturated rings. The van der Waals surface area contributed by atoms with Crippen LogP contribution in [0, 0.1) is 0 Å². The van der Waals surface area contributed by atoms with Crippen LogP contribution >= 0.6 is 17.0 Å². The van der Waals surface area contributed by atoms with E-state index in [-0.39, 0.29) is 0 Å². The van der Waals surface area contributed by atoms with E-state index in [4.69, 9.17) is 17.0 Å². The quantitative estimate of drug-likeness (QED) is 0.120. The van der Waals surface area contributed by atoms with Gasteiger partial charge in [0.1, 0.15) is 0 Å². The Kier molecular flexibility index (Phi) is 16.5. The van der Waals surface area contributed by atoms with Crippen LogP contribution in [0.25, 0.3) is 21.5 Å². The van der Waals surface area contributed by atoms with E-state index >= 15 is 0 Å². The number of aryl methyl sites for hydroxylation is 2. The molecular formula is C30H36Cl2SiZr. The van der Waals surface area contributed by atoms with Gasteiger partial charge in [-0.25, -0.2) is 0 Å². The van der Waals surface area contributed by atoms with E-state index in [9.17, 15) is 0 Å². The second kappa shape index (κ2) is 18.1. The normalized spacial score (nSPS) is 9.59. The molecule has 0 nitrogen and oxygen atoms in total. The first kappa shape index (κ1) is 30.9. The molecule has 4 rings (SSSR count). The molecule has 0 unspecified atom stereocenters. The van der Waals surface area contributed by atoms with Gasteiger partial charge in [-0.15, -0.1) is 82.2 Å². The summed E-state index contributed by atoms with van der Waals surface area (Å²) in [5.41, 5.74) is 5.63. The fraction of sp³-hybridized carbons (Fsp3) is 0.267. The van der Waals surface area contributed by atoms with Crippen molar-refractivity contribution in [2.45, 2.75) is 52.6 Å². The Balaban J connectivity index is 0.000000277. The molecular weight excluding hydrogens is 551 g/mol. The van der Waals surface area contributed by atoms with Gasteiger partial charge >= 0.3 is 37.9 Å². The summed E-state index contributed by atoms with van der Waals surface area (Å²) in [5.74, 6) is 0. The van der Waals surface area contributed by atoms with Crippen LogP contribution in [0.5, 0.6) is 0 Å². The van der Waals surface area contributed by atoms with Crippen LogP contribution in [0.1, 0.15) is 36.1 Å². The number of halogens is 2. The maximum absolute atomic E-state index is 4.93. The van der Waals surface area contributed by atoms with Crippen molar-refractivity contribution >= 4 is 48.1 Å². The van der Waals surface area contributed by atoms with Gasteiger partial charge in [0.2, 0.25) is 0 Å². The summed E-state index contributed by atoms with van der Waals surface area (Å²) in [7, 11) is 11.0. The van der Waals surface area contributed by atoms with Gasteiger partial charge in [0.05, 0.1) is 0 Å². The van der Waals surface area contributed by atoms with Crippen LogP contribution in [-0.2, 0) is 46.5 Å². The first-order chi connectivity index (χ1) is 16.5. The van der Waals surface area contributed by atoms with Crippen LogP contribution in [-0.4, -0.2) is 9.52 Å². The molecule has 0 atom stereocenters. The van der Waals surface area contributed by atoms with Crippen LogP contribution in [0.4, 0.5) is 0 Å². The number of hydrogen-bond donors (Lipinski definition) is 0. The Morgan fingerprint density at radius 3 is 1.44 bits per heavy atom. The van der Waals surface area contributed by atoms with Crippen LogP contribution < -0.4 is 0 Å². The van der Waals surface area contributed by atoms with Crippen molar-refractivity contribution in [3.05, 3.63) is 108 Å². The van der Waals surface area contributed by atoms with E-state index < -0.39 is 20.8 Å². The molecule has 0 saturated carbocycles. The Labute approximate surface area is 228 Å². The molecule has 0 aliphatic rings. The zero-order valence-electron chi connectivity index (χ0n) is 20.9. The SMILES string of the molecule is C=CCc1cccc2[cH-]c(CC)cc12.C=CCc1cccc2[cH-]c(CC)cc12.C[Si]C.[Cl][Zr+2][Cl]. The number of allylic oxidation sites excluding steroid dienone is 2. The summed E-state index contributed by atoms with van der Waals surface area (Å²) in [6.45, 7) is 16.3. The standard InChI is InChI=1S/2C14H15.C2H6Si.2ClH.Zr/c2*1-3-6-12-7-5-8-13-9-11(4-2)10-14(12)13;1-3-2;;;/h2*3,5,7-10H,1,4,6H2,2H3;1-2H3;2*1H;/q2*-1;;;;+4/p-2. The van der Waals surface area contributed by atoms with E-state index in [0.29, 0.717) is 0 Å². The molecule has 0 spiro atoms. The molecule has 0 aliphatic carbocycles. The van der Waals surface area contributed by atoms with Crippen molar-refractivity contribution in [1.82, 2.24) is 0 Å². The summed E-state index contributed by atoms with van der Waals surface area (Å²) < 4.78 is 0. The number of hydrogen-bond acceptors (Lipinski definition) is 0. The Morgan fingerprint density at radius 1 is 0.794 bits per heavy atom. The molecule has 0 amide bonds. The van der Waals surface area contributed by atoms with Gasteiger partial charge in [0.15, 0.2) is 0 Å². The van der Waals surface area contributed by atoms with Crippen molar-refractivity contribution < 1.29 is 20.8 Å². The molecule has 0 N–H and O–H groups in total. The molecule has 0 aromatic heterocycles. The molecule has 4 aromatic carbocycles. The van der Waals surface area contributed by atoms with E-state index in [0.717, 1.165) is 35.2 Å². The summed E-state index contributed by atoms with van der Waals surface area (Å²) in [6, 6.07) is 22.1.